The van der Waals surface area contributed by atoms with Crippen LogP contribution in [0.1, 0.15) is 5.56 Å². The predicted octanol–water partition coefficient (Wildman–Crippen LogP) is 5.38. The fourth-order valence-corrected chi connectivity index (χ4v) is 2.38. The van der Waals surface area contributed by atoms with Crippen molar-refractivity contribution in [2.75, 3.05) is 0 Å². The Labute approximate surface area is 114 Å². The molecule has 0 saturated heterocycles. The number of allylic oxidation sites excluding steroid dienone is 1. The van der Waals surface area contributed by atoms with Crippen molar-refractivity contribution < 1.29 is 13.2 Å². The molecule has 0 aromatic heterocycles. The highest BCUT2D eigenvalue weighted by atomic mass is 32.2. The highest BCUT2D eigenvalue weighted by molar-refractivity contribution is 8.02. The number of halogens is 3. The SMILES string of the molecule is FC(F)(F)C(=CSc1ccccc1)c1ccccc1. The summed E-state index contributed by atoms with van der Waals surface area (Å²) < 4.78 is 39.1. The molecule has 0 N–H and O–H groups in total. The second-order valence-corrected chi connectivity index (χ2v) is 4.77. The van der Waals surface area contributed by atoms with E-state index in [2.05, 4.69) is 0 Å². The Balaban J connectivity index is 2.29. The van der Waals surface area contributed by atoms with Crippen LogP contribution in [0.2, 0.25) is 0 Å². The summed E-state index contributed by atoms with van der Waals surface area (Å²) in [4.78, 5) is 0.778. The summed E-state index contributed by atoms with van der Waals surface area (Å²) in [5, 5.41) is 1.16. The molecule has 0 unspecified atom stereocenters. The van der Waals surface area contributed by atoms with Crippen molar-refractivity contribution in [1.29, 1.82) is 0 Å². The molecular weight excluding hydrogens is 269 g/mol. The highest BCUT2D eigenvalue weighted by Gasteiger charge is 2.34. The molecule has 0 saturated carbocycles. The smallest absolute Gasteiger partial charge is 0.166 e. The Hall–Kier alpha value is -1.68. The van der Waals surface area contributed by atoms with Gasteiger partial charge in [0.1, 0.15) is 0 Å². The van der Waals surface area contributed by atoms with Crippen molar-refractivity contribution >= 4 is 17.3 Å². The van der Waals surface area contributed by atoms with Gasteiger partial charge < -0.3 is 0 Å². The second-order valence-electron chi connectivity index (χ2n) is 3.83. The molecule has 0 spiro atoms. The van der Waals surface area contributed by atoms with E-state index in [4.69, 9.17) is 0 Å². The van der Waals surface area contributed by atoms with Crippen LogP contribution in [-0.2, 0) is 0 Å². The van der Waals surface area contributed by atoms with Crippen molar-refractivity contribution in [3.8, 4) is 0 Å². The normalized spacial score (nSPS) is 12.5. The molecule has 0 bridgehead atoms. The summed E-state index contributed by atoms with van der Waals surface area (Å²) in [6, 6.07) is 16.8. The van der Waals surface area contributed by atoms with E-state index in [1.165, 1.54) is 12.1 Å². The second kappa shape index (κ2) is 5.97. The van der Waals surface area contributed by atoms with Gasteiger partial charge in [-0.25, -0.2) is 0 Å². The summed E-state index contributed by atoms with van der Waals surface area (Å²) in [7, 11) is 0. The topological polar surface area (TPSA) is 0 Å². The first-order chi connectivity index (χ1) is 9.07. The van der Waals surface area contributed by atoms with Crippen LogP contribution in [0.5, 0.6) is 0 Å². The third-order valence-corrected chi connectivity index (χ3v) is 3.34. The number of hydrogen-bond donors (Lipinski definition) is 0. The van der Waals surface area contributed by atoms with Crippen molar-refractivity contribution in [2.24, 2.45) is 0 Å². The van der Waals surface area contributed by atoms with Gasteiger partial charge in [0.05, 0.1) is 5.57 Å². The minimum atomic E-state index is -4.36. The molecule has 4 heteroatoms. The lowest BCUT2D eigenvalue weighted by Crippen LogP contribution is -2.10. The van der Waals surface area contributed by atoms with E-state index in [-0.39, 0.29) is 5.56 Å². The summed E-state index contributed by atoms with van der Waals surface area (Å²) in [5.41, 5.74) is -0.444. The maximum atomic E-state index is 13.0. The molecule has 98 valence electrons. The van der Waals surface area contributed by atoms with E-state index in [9.17, 15) is 13.2 Å². The first kappa shape index (κ1) is 13.7. The molecule has 2 aromatic rings. The van der Waals surface area contributed by atoms with Gasteiger partial charge in [-0.05, 0) is 23.1 Å². The maximum absolute atomic E-state index is 13.0. The molecule has 0 amide bonds. The van der Waals surface area contributed by atoms with Crippen LogP contribution in [0.15, 0.2) is 71.0 Å². The maximum Gasteiger partial charge on any atom is 0.417 e. The Kier molecular flexibility index (Phi) is 4.32. The van der Waals surface area contributed by atoms with Gasteiger partial charge in [0.15, 0.2) is 0 Å². The Morgan fingerprint density at radius 2 is 1.37 bits per heavy atom. The van der Waals surface area contributed by atoms with Crippen molar-refractivity contribution in [3.05, 3.63) is 71.6 Å². The zero-order valence-electron chi connectivity index (χ0n) is 9.89. The number of benzene rings is 2. The van der Waals surface area contributed by atoms with E-state index in [0.29, 0.717) is 0 Å². The number of hydrogen-bond acceptors (Lipinski definition) is 1. The summed E-state index contributed by atoms with van der Waals surface area (Å²) in [5.74, 6) is 0. The third kappa shape index (κ3) is 3.89. The van der Waals surface area contributed by atoms with Crippen molar-refractivity contribution in [1.82, 2.24) is 0 Å². The summed E-state index contributed by atoms with van der Waals surface area (Å²) >= 11 is 1.07. The van der Waals surface area contributed by atoms with Crippen molar-refractivity contribution in [3.63, 3.8) is 0 Å². The summed E-state index contributed by atoms with van der Waals surface area (Å²) in [6.45, 7) is 0. The van der Waals surface area contributed by atoms with E-state index in [1.54, 1.807) is 42.5 Å². The van der Waals surface area contributed by atoms with Crippen LogP contribution in [-0.4, -0.2) is 6.18 Å². The minimum Gasteiger partial charge on any atom is -0.166 e. The molecule has 19 heavy (non-hydrogen) atoms. The lowest BCUT2D eigenvalue weighted by atomic mass is 10.1. The molecule has 0 nitrogen and oxygen atoms in total. The monoisotopic (exact) mass is 280 g/mol. The molecule has 0 fully saturated rings. The van der Waals surface area contributed by atoms with Crippen LogP contribution in [0.3, 0.4) is 0 Å². The van der Waals surface area contributed by atoms with Gasteiger partial charge in [0.2, 0.25) is 0 Å². The zero-order valence-corrected chi connectivity index (χ0v) is 10.7. The van der Waals surface area contributed by atoms with E-state index in [0.717, 1.165) is 22.1 Å². The Morgan fingerprint density at radius 1 is 0.842 bits per heavy atom. The van der Waals surface area contributed by atoms with Crippen LogP contribution < -0.4 is 0 Å². The first-order valence-corrected chi connectivity index (χ1v) is 6.50. The average Bonchev–Trinajstić information content (AvgIpc) is 2.40. The number of thioether (sulfide) groups is 1. The molecule has 0 aliphatic heterocycles. The number of alkyl halides is 3. The molecule has 0 radical (unpaired) electrons. The van der Waals surface area contributed by atoms with Crippen LogP contribution in [0.4, 0.5) is 13.2 Å². The molecular formula is C15H11F3S. The standard InChI is InChI=1S/C15H11F3S/c16-15(17,18)14(12-7-3-1-4-8-12)11-19-13-9-5-2-6-10-13/h1-11H. The molecule has 2 rings (SSSR count). The van der Waals surface area contributed by atoms with E-state index >= 15 is 0 Å². The Morgan fingerprint density at radius 3 is 1.89 bits per heavy atom. The molecule has 2 aromatic carbocycles. The summed E-state index contributed by atoms with van der Waals surface area (Å²) in [6.07, 6.45) is -4.36. The lowest BCUT2D eigenvalue weighted by Gasteiger charge is -2.11. The molecule has 0 heterocycles. The molecule has 0 atom stereocenters. The quantitative estimate of drug-likeness (QED) is 0.680. The predicted molar refractivity (Wildman–Crippen MR) is 72.8 cm³/mol. The minimum absolute atomic E-state index is 0.179. The Bertz CT molecular complexity index is 545. The third-order valence-electron chi connectivity index (χ3n) is 2.45. The average molecular weight is 280 g/mol. The number of rotatable bonds is 3. The molecule has 0 aliphatic carbocycles. The molecule has 0 aliphatic rings. The van der Waals surface area contributed by atoms with Crippen LogP contribution in [0.25, 0.3) is 5.57 Å². The van der Waals surface area contributed by atoms with Gasteiger partial charge in [-0.2, -0.15) is 13.2 Å². The van der Waals surface area contributed by atoms with Crippen LogP contribution >= 0.6 is 11.8 Å². The van der Waals surface area contributed by atoms with Gasteiger partial charge in [-0.1, -0.05) is 60.3 Å². The highest BCUT2D eigenvalue weighted by Crippen LogP contribution is 2.36. The first-order valence-electron chi connectivity index (χ1n) is 5.62. The largest absolute Gasteiger partial charge is 0.417 e. The fraction of sp³-hybridized carbons (Fsp3) is 0.0667. The van der Waals surface area contributed by atoms with Gasteiger partial charge >= 0.3 is 6.18 Å². The van der Waals surface area contributed by atoms with Gasteiger partial charge in [-0.15, -0.1) is 0 Å². The van der Waals surface area contributed by atoms with E-state index < -0.39 is 11.7 Å². The zero-order chi connectivity index (χ0) is 13.7. The van der Waals surface area contributed by atoms with Crippen LogP contribution in [0, 0.1) is 0 Å². The van der Waals surface area contributed by atoms with Gasteiger partial charge in [0.25, 0.3) is 0 Å². The van der Waals surface area contributed by atoms with Crippen molar-refractivity contribution in [2.45, 2.75) is 11.1 Å². The van der Waals surface area contributed by atoms with E-state index in [1.807, 2.05) is 6.07 Å². The van der Waals surface area contributed by atoms with Gasteiger partial charge in [-0.3, -0.25) is 0 Å². The van der Waals surface area contributed by atoms with Gasteiger partial charge in [0, 0.05) is 4.90 Å². The fourth-order valence-electron chi connectivity index (χ4n) is 1.54. The lowest BCUT2D eigenvalue weighted by molar-refractivity contribution is -0.0687.